The molecule has 1 heterocycles. The SMILES string of the molecule is O=C(c1ccccc1OC(F)F)N1CCC(O)C1. The molecular formula is C12H13F2NO3. The maximum atomic E-state index is 12.2. The molecule has 0 spiro atoms. The first-order valence-corrected chi connectivity index (χ1v) is 5.59. The van der Waals surface area contributed by atoms with E-state index in [1.54, 1.807) is 6.07 Å². The first-order chi connectivity index (χ1) is 8.58. The first-order valence-electron chi connectivity index (χ1n) is 5.59. The standard InChI is InChI=1S/C12H13F2NO3/c13-12(14)18-10-4-2-1-3-9(10)11(17)15-6-5-8(16)7-15/h1-4,8,12,16H,5-7H2. The van der Waals surface area contributed by atoms with E-state index in [0.29, 0.717) is 13.0 Å². The number of nitrogens with zero attached hydrogens (tertiary/aromatic N) is 1. The molecule has 1 fully saturated rings. The summed E-state index contributed by atoms with van der Waals surface area (Å²) in [6.07, 6.45) is -0.0407. The average molecular weight is 257 g/mol. The van der Waals surface area contributed by atoms with Crippen molar-refractivity contribution in [2.45, 2.75) is 19.1 Å². The van der Waals surface area contributed by atoms with Crippen LogP contribution in [0.1, 0.15) is 16.8 Å². The summed E-state index contributed by atoms with van der Waals surface area (Å²) in [5.74, 6) is -0.540. The molecule has 1 aliphatic rings. The van der Waals surface area contributed by atoms with Crippen LogP contribution in [0.3, 0.4) is 0 Å². The van der Waals surface area contributed by atoms with Crippen molar-refractivity contribution >= 4 is 5.91 Å². The maximum Gasteiger partial charge on any atom is 0.387 e. The number of rotatable bonds is 3. The number of carbonyl (C=O) groups is 1. The molecule has 0 saturated carbocycles. The lowest BCUT2D eigenvalue weighted by molar-refractivity contribution is -0.0502. The number of ether oxygens (including phenoxy) is 1. The second-order valence-electron chi connectivity index (χ2n) is 4.07. The minimum absolute atomic E-state index is 0.0897. The van der Waals surface area contributed by atoms with Crippen LogP contribution in [0.15, 0.2) is 24.3 Å². The third-order valence-electron chi connectivity index (χ3n) is 2.78. The molecule has 1 aromatic carbocycles. The summed E-state index contributed by atoms with van der Waals surface area (Å²) in [6, 6.07) is 5.86. The smallest absolute Gasteiger partial charge is 0.387 e. The van der Waals surface area contributed by atoms with E-state index in [1.165, 1.54) is 23.1 Å². The van der Waals surface area contributed by atoms with Gasteiger partial charge in [-0.1, -0.05) is 12.1 Å². The highest BCUT2D eigenvalue weighted by Gasteiger charge is 2.27. The maximum absolute atomic E-state index is 12.2. The van der Waals surface area contributed by atoms with Crippen LogP contribution < -0.4 is 4.74 Å². The van der Waals surface area contributed by atoms with Crippen molar-refractivity contribution in [3.63, 3.8) is 0 Å². The van der Waals surface area contributed by atoms with Gasteiger partial charge < -0.3 is 14.7 Å². The van der Waals surface area contributed by atoms with Crippen molar-refractivity contribution in [1.29, 1.82) is 0 Å². The Morgan fingerprint density at radius 1 is 1.44 bits per heavy atom. The summed E-state index contributed by atoms with van der Waals surface area (Å²) >= 11 is 0. The number of hydrogen-bond donors (Lipinski definition) is 1. The zero-order chi connectivity index (χ0) is 13.1. The van der Waals surface area contributed by atoms with E-state index in [2.05, 4.69) is 4.74 Å². The topological polar surface area (TPSA) is 49.8 Å². The van der Waals surface area contributed by atoms with Gasteiger partial charge in [-0.25, -0.2) is 0 Å². The van der Waals surface area contributed by atoms with Crippen LogP contribution in [0, 0.1) is 0 Å². The molecule has 1 saturated heterocycles. The zero-order valence-corrected chi connectivity index (χ0v) is 9.55. The van der Waals surface area contributed by atoms with E-state index in [4.69, 9.17) is 0 Å². The zero-order valence-electron chi connectivity index (χ0n) is 9.55. The van der Waals surface area contributed by atoms with Crippen molar-refractivity contribution in [2.24, 2.45) is 0 Å². The summed E-state index contributed by atoms with van der Waals surface area (Å²) in [6.45, 7) is -2.33. The van der Waals surface area contributed by atoms with Crippen LogP contribution in [-0.4, -0.2) is 41.7 Å². The quantitative estimate of drug-likeness (QED) is 0.892. The minimum Gasteiger partial charge on any atom is -0.434 e. The van der Waals surface area contributed by atoms with Crippen molar-refractivity contribution in [2.75, 3.05) is 13.1 Å². The minimum atomic E-state index is -2.97. The highest BCUT2D eigenvalue weighted by atomic mass is 19.3. The van der Waals surface area contributed by atoms with Crippen LogP contribution in [0.25, 0.3) is 0 Å². The summed E-state index contributed by atoms with van der Waals surface area (Å²) in [4.78, 5) is 13.5. The summed E-state index contributed by atoms with van der Waals surface area (Å²) in [5.41, 5.74) is 0.0897. The van der Waals surface area contributed by atoms with Crippen LogP contribution in [0.2, 0.25) is 0 Å². The van der Waals surface area contributed by atoms with Crippen LogP contribution >= 0.6 is 0 Å². The Hall–Kier alpha value is -1.69. The van der Waals surface area contributed by atoms with E-state index >= 15 is 0 Å². The van der Waals surface area contributed by atoms with E-state index in [9.17, 15) is 18.7 Å². The van der Waals surface area contributed by atoms with Gasteiger partial charge in [0.25, 0.3) is 5.91 Å². The van der Waals surface area contributed by atoms with E-state index < -0.39 is 18.6 Å². The Morgan fingerprint density at radius 3 is 2.78 bits per heavy atom. The molecule has 4 nitrogen and oxygen atoms in total. The van der Waals surface area contributed by atoms with E-state index in [-0.39, 0.29) is 17.9 Å². The number of aliphatic hydroxyl groups is 1. The molecule has 0 bridgehead atoms. The van der Waals surface area contributed by atoms with Crippen molar-refractivity contribution in [1.82, 2.24) is 4.90 Å². The highest BCUT2D eigenvalue weighted by Crippen LogP contribution is 2.23. The Balaban J connectivity index is 2.19. The molecule has 1 amide bonds. The van der Waals surface area contributed by atoms with E-state index in [1.807, 2.05) is 0 Å². The van der Waals surface area contributed by atoms with E-state index in [0.717, 1.165) is 0 Å². The monoisotopic (exact) mass is 257 g/mol. The third-order valence-corrected chi connectivity index (χ3v) is 2.78. The number of alkyl halides is 2. The molecule has 98 valence electrons. The molecule has 0 aliphatic carbocycles. The predicted octanol–water partition coefficient (Wildman–Crippen LogP) is 1.49. The molecule has 18 heavy (non-hydrogen) atoms. The van der Waals surface area contributed by atoms with Gasteiger partial charge in [-0.3, -0.25) is 4.79 Å². The second kappa shape index (κ2) is 5.30. The molecule has 0 radical (unpaired) electrons. The fourth-order valence-electron chi connectivity index (χ4n) is 1.94. The lowest BCUT2D eigenvalue weighted by atomic mass is 10.2. The van der Waals surface area contributed by atoms with Gasteiger partial charge in [0.05, 0.1) is 11.7 Å². The van der Waals surface area contributed by atoms with Crippen LogP contribution in [0.4, 0.5) is 8.78 Å². The predicted molar refractivity (Wildman–Crippen MR) is 59.6 cm³/mol. The molecular weight excluding hydrogens is 244 g/mol. The largest absolute Gasteiger partial charge is 0.434 e. The van der Waals surface area contributed by atoms with Crippen molar-refractivity contribution in [3.8, 4) is 5.75 Å². The normalized spacial score (nSPS) is 19.3. The van der Waals surface area contributed by atoms with Gasteiger partial charge in [-0.15, -0.1) is 0 Å². The van der Waals surface area contributed by atoms with Gasteiger partial charge in [0, 0.05) is 13.1 Å². The number of carbonyl (C=O) groups excluding carboxylic acids is 1. The van der Waals surface area contributed by atoms with Gasteiger partial charge in [0.15, 0.2) is 0 Å². The number of benzene rings is 1. The van der Waals surface area contributed by atoms with Crippen molar-refractivity contribution < 1.29 is 23.4 Å². The fourth-order valence-corrected chi connectivity index (χ4v) is 1.94. The number of halogens is 2. The summed E-state index contributed by atoms with van der Waals surface area (Å²) in [7, 11) is 0. The number of amides is 1. The molecule has 1 aliphatic heterocycles. The van der Waals surface area contributed by atoms with Gasteiger partial charge in [0.2, 0.25) is 0 Å². The van der Waals surface area contributed by atoms with Gasteiger partial charge in [-0.2, -0.15) is 8.78 Å². The molecule has 2 rings (SSSR count). The van der Waals surface area contributed by atoms with Gasteiger partial charge in [-0.05, 0) is 18.6 Å². The number of β-amino-alcohol motifs (C(OH)–C–C–N with tert-alkyl or cyclic N) is 1. The molecule has 1 atom stereocenters. The second-order valence-corrected chi connectivity index (χ2v) is 4.07. The Morgan fingerprint density at radius 2 is 2.17 bits per heavy atom. The van der Waals surface area contributed by atoms with Crippen LogP contribution in [-0.2, 0) is 0 Å². The summed E-state index contributed by atoms with van der Waals surface area (Å²) in [5, 5.41) is 9.36. The van der Waals surface area contributed by atoms with Gasteiger partial charge >= 0.3 is 6.61 Å². The molecule has 1 N–H and O–H groups in total. The van der Waals surface area contributed by atoms with Gasteiger partial charge in [0.1, 0.15) is 5.75 Å². The first kappa shape index (κ1) is 12.8. The summed E-state index contributed by atoms with van der Waals surface area (Å²) < 4.78 is 28.7. The van der Waals surface area contributed by atoms with Crippen molar-refractivity contribution in [3.05, 3.63) is 29.8 Å². The Bertz CT molecular complexity index is 439. The molecule has 6 heteroatoms. The Labute approximate surface area is 103 Å². The molecule has 1 unspecified atom stereocenters. The third kappa shape index (κ3) is 2.76. The van der Waals surface area contributed by atoms with Crippen LogP contribution in [0.5, 0.6) is 5.75 Å². The molecule has 1 aromatic rings. The highest BCUT2D eigenvalue weighted by molar-refractivity contribution is 5.97. The number of para-hydroxylation sites is 1. The lowest BCUT2D eigenvalue weighted by Crippen LogP contribution is -2.30. The molecule has 0 aromatic heterocycles. The Kier molecular flexibility index (Phi) is 3.76. The number of likely N-dealkylation sites (tertiary alicyclic amines) is 1. The fraction of sp³-hybridized carbons (Fsp3) is 0.417. The number of aliphatic hydroxyl groups excluding tert-OH is 1. The average Bonchev–Trinajstić information content (AvgIpc) is 2.75. The number of hydrogen-bond acceptors (Lipinski definition) is 3. The lowest BCUT2D eigenvalue weighted by Gasteiger charge is -2.17.